The fourth-order valence-corrected chi connectivity index (χ4v) is 1.49. The van der Waals surface area contributed by atoms with E-state index in [1.54, 1.807) is 24.3 Å². The third kappa shape index (κ3) is 0.907. The van der Waals surface area contributed by atoms with Gasteiger partial charge < -0.3 is 0 Å². The zero-order chi connectivity index (χ0) is 9.42. The smallest absolute Gasteiger partial charge is 0.186 e. The molecule has 0 aliphatic heterocycles. The van der Waals surface area contributed by atoms with E-state index in [0.717, 1.165) is 0 Å². The normalized spacial score (nSPS) is 15.6. The van der Waals surface area contributed by atoms with Crippen molar-refractivity contribution in [2.45, 2.75) is 0 Å². The Morgan fingerprint density at radius 3 is 1.92 bits per heavy atom. The fourth-order valence-electron chi connectivity index (χ4n) is 1.49. The predicted molar refractivity (Wildman–Crippen MR) is 47.4 cm³/mol. The Kier molecular flexibility index (Phi) is 1.53. The first-order valence-electron chi connectivity index (χ1n) is 3.89. The molecule has 1 aliphatic carbocycles. The molecular formula is C11H6O2. The van der Waals surface area contributed by atoms with Crippen LogP contribution in [0.5, 0.6) is 0 Å². The van der Waals surface area contributed by atoms with Gasteiger partial charge in [0.25, 0.3) is 0 Å². The molecule has 0 saturated heterocycles. The Hall–Kier alpha value is -1.88. The average molecular weight is 170 g/mol. The summed E-state index contributed by atoms with van der Waals surface area (Å²) >= 11 is 0. The minimum absolute atomic E-state index is 0.247. The summed E-state index contributed by atoms with van der Waals surface area (Å²) < 4.78 is 0. The molecule has 1 aliphatic rings. The lowest BCUT2D eigenvalue weighted by atomic mass is 10.1. The number of Topliss-reactive ketones (excluding diaryl/α,β-unsaturated/α-hetero) is 2. The lowest BCUT2D eigenvalue weighted by Crippen LogP contribution is -2.11. The van der Waals surface area contributed by atoms with Gasteiger partial charge in [-0.1, -0.05) is 30.2 Å². The molecule has 0 N–H and O–H groups in total. The molecule has 0 fully saturated rings. The van der Waals surface area contributed by atoms with Gasteiger partial charge >= 0.3 is 0 Å². The number of hydrogen-bond donors (Lipinski definition) is 0. The topological polar surface area (TPSA) is 34.1 Å². The van der Waals surface area contributed by atoms with Crippen LogP contribution < -0.4 is 0 Å². The van der Waals surface area contributed by atoms with Gasteiger partial charge in [-0.05, 0) is 0 Å². The summed E-state index contributed by atoms with van der Waals surface area (Å²) in [4.78, 5) is 22.9. The van der Waals surface area contributed by atoms with Gasteiger partial charge in [0.1, 0.15) is 5.92 Å². The highest BCUT2D eigenvalue weighted by atomic mass is 16.2. The van der Waals surface area contributed by atoms with Gasteiger partial charge in [-0.25, -0.2) is 0 Å². The largest absolute Gasteiger partial charge is 0.292 e. The van der Waals surface area contributed by atoms with Crippen molar-refractivity contribution >= 4 is 11.6 Å². The van der Waals surface area contributed by atoms with Crippen LogP contribution >= 0.6 is 0 Å². The SMILES string of the molecule is C#CC1C(=O)c2ccccc2C1=O. The number of terminal acetylenes is 1. The third-order valence-electron chi connectivity index (χ3n) is 2.15. The van der Waals surface area contributed by atoms with Gasteiger partial charge in [-0.15, -0.1) is 6.42 Å². The summed E-state index contributed by atoms with van der Waals surface area (Å²) in [7, 11) is 0. The number of rotatable bonds is 0. The minimum Gasteiger partial charge on any atom is -0.292 e. The summed E-state index contributed by atoms with van der Waals surface area (Å²) in [5, 5.41) is 0. The Morgan fingerprint density at radius 1 is 1.08 bits per heavy atom. The summed E-state index contributed by atoms with van der Waals surface area (Å²) in [6.07, 6.45) is 5.10. The van der Waals surface area contributed by atoms with Crippen molar-refractivity contribution in [3.63, 3.8) is 0 Å². The van der Waals surface area contributed by atoms with Crippen molar-refractivity contribution in [1.29, 1.82) is 0 Å². The van der Waals surface area contributed by atoms with Crippen LogP contribution in [0.1, 0.15) is 20.7 Å². The summed E-state index contributed by atoms with van der Waals surface area (Å²) in [6.45, 7) is 0. The molecule has 0 heterocycles. The number of carbonyl (C=O) groups excluding carboxylic acids is 2. The third-order valence-corrected chi connectivity index (χ3v) is 2.15. The highest BCUT2D eigenvalue weighted by molar-refractivity contribution is 6.28. The van der Waals surface area contributed by atoms with Gasteiger partial charge in [-0.3, -0.25) is 9.59 Å². The first-order chi connectivity index (χ1) is 6.25. The molecule has 2 rings (SSSR count). The lowest BCUT2D eigenvalue weighted by Gasteiger charge is -1.92. The lowest BCUT2D eigenvalue weighted by molar-refractivity contribution is 0.0877. The summed E-state index contributed by atoms with van der Waals surface area (Å²) in [6, 6.07) is 6.71. The molecule has 0 unspecified atom stereocenters. The van der Waals surface area contributed by atoms with E-state index in [1.807, 2.05) is 0 Å². The highest BCUT2D eigenvalue weighted by Crippen LogP contribution is 2.25. The van der Waals surface area contributed by atoms with E-state index >= 15 is 0 Å². The first kappa shape index (κ1) is 7.75. The molecule has 0 amide bonds. The zero-order valence-corrected chi connectivity index (χ0v) is 6.78. The Labute approximate surface area is 75.6 Å². The Morgan fingerprint density at radius 2 is 1.54 bits per heavy atom. The monoisotopic (exact) mass is 170 g/mol. The van der Waals surface area contributed by atoms with Gasteiger partial charge in [-0.2, -0.15) is 0 Å². The first-order valence-corrected chi connectivity index (χ1v) is 3.89. The summed E-state index contributed by atoms with van der Waals surface area (Å²) in [5.41, 5.74) is 0.908. The van der Waals surface area contributed by atoms with Crippen molar-refractivity contribution in [1.82, 2.24) is 0 Å². The second-order valence-electron chi connectivity index (χ2n) is 2.87. The molecule has 0 spiro atoms. The maximum atomic E-state index is 11.5. The molecule has 2 nitrogen and oxygen atoms in total. The number of hydrogen-bond acceptors (Lipinski definition) is 2. The second kappa shape index (κ2) is 2.56. The average Bonchev–Trinajstić information content (AvgIpc) is 2.41. The van der Waals surface area contributed by atoms with Crippen LogP contribution in [0.4, 0.5) is 0 Å². The number of carbonyl (C=O) groups is 2. The van der Waals surface area contributed by atoms with E-state index in [-0.39, 0.29) is 11.6 Å². The Bertz CT molecular complexity index is 403. The molecule has 13 heavy (non-hydrogen) atoms. The molecule has 2 heteroatoms. The fraction of sp³-hybridized carbons (Fsp3) is 0.0909. The van der Waals surface area contributed by atoms with Crippen LogP contribution in [0.15, 0.2) is 24.3 Å². The molecule has 62 valence electrons. The van der Waals surface area contributed by atoms with E-state index in [2.05, 4.69) is 5.92 Å². The van der Waals surface area contributed by atoms with E-state index in [4.69, 9.17) is 6.42 Å². The molecule has 0 atom stereocenters. The number of benzene rings is 1. The number of fused-ring (bicyclic) bond motifs is 1. The molecule has 0 aromatic heterocycles. The molecule has 1 aromatic rings. The molecular weight excluding hydrogens is 164 g/mol. The van der Waals surface area contributed by atoms with Crippen LogP contribution in [0.3, 0.4) is 0 Å². The maximum absolute atomic E-state index is 11.5. The zero-order valence-electron chi connectivity index (χ0n) is 6.78. The standard InChI is InChI=1S/C11H6O2/c1-2-7-10(12)8-5-3-4-6-9(8)11(7)13/h1,3-7H. The van der Waals surface area contributed by atoms with E-state index in [0.29, 0.717) is 11.1 Å². The van der Waals surface area contributed by atoms with Gasteiger partial charge in [0.05, 0.1) is 0 Å². The maximum Gasteiger partial charge on any atom is 0.186 e. The van der Waals surface area contributed by atoms with Crippen LogP contribution in [0.2, 0.25) is 0 Å². The van der Waals surface area contributed by atoms with E-state index in [9.17, 15) is 9.59 Å². The molecule has 0 bridgehead atoms. The molecule has 0 saturated carbocycles. The van der Waals surface area contributed by atoms with Crippen LogP contribution in [0.25, 0.3) is 0 Å². The van der Waals surface area contributed by atoms with Crippen LogP contribution in [-0.4, -0.2) is 11.6 Å². The highest BCUT2D eigenvalue weighted by Gasteiger charge is 2.36. The minimum atomic E-state index is -0.891. The van der Waals surface area contributed by atoms with E-state index in [1.165, 1.54) is 0 Å². The van der Waals surface area contributed by atoms with Gasteiger partial charge in [0.15, 0.2) is 11.6 Å². The van der Waals surface area contributed by atoms with Crippen molar-refractivity contribution < 1.29 is 9.59 Å². The van der Waals surface area contributed by atoms with Crippen molar-refractivity contribution in [2.75, 3.05) is 0 Å². The van der Waals surface area contributed by atoms with Crippen molar-refractivity contribution in [3.05, 3.63) is 35.4 Å². The Balaban J connectivity index is 2.65. The van der Waals surface area contributed by atoms with Crippen LogP contribution in [0, 0.1) is 18.3 Å². The van der Waals surface area contributed by atoms with Gasteiger partial charge in [0, 0.05) is 11.1 Å². The second-order valence-corrected chi connectivity index (χ2v) is 2.87. The van der Waals surface area contributed by atoms with Gasteiger partial charge in [0.2, 0.25) is 0 Å². The predicted octanol–water partition coefficient (Wildman–Crippen LogP) is 1.31. The van der Waals surface area contributed by atoms with Crippen molar-refractivity contribution in [2.24, 2.45) is 5.92 Å². The molecule has 1 aromatic carbocycles. The summed E-state index contributed by atoms with van der Waals surface area (Å²) in [5.74, 6) is 0.826. The number of ketones is 2. The van der Waals surface area contributed by atoms with Crippen LogP contribution in [-0.2, 0) is 0 Å². The van der Waals surface area contributed by atoms with Crippen molar-refractivity contribution in [3.8, 4) is 12.3 Å². The quantitative estimate of drug-likeness (QED) is 0.434. The van der Waals surface area contributed by atoms with E-state index < -0.39 is 5.92 Å². The molecule has 0 radical (unpaired) electrons.